The SMILES string of the molecule is O=C(O)C(=O)O.O=C1CCc2ccc(OCCCN3CCC(c4ccccc4)CC3)cc2N1CCCc1ccccc1. The zero-order valence-electron chi connectivity index (χ0n) is 24.0. The van der Waals surface area contributed by atoms with Crippen LogP contribution in [0.25, 0.3) is 0 Å². The van der Waals surface area contributed by atoms with Gasteiger partial charge in [-0.05, 0) is 80.3 Å². The van der Waals surface area contributed by atoms with Crippen LogP contribution in [0.15, 0.2) is 78.9 Å². The summed E-state index contributed by atoms with van der Waals surface area (Å²) in [4.78, 5) is 35.5. The van der Waals surface area contributed by atoms with Crippen molar-refractivity contribution in [1.82, 2.24) is 4.90 Å². The number of carboxylic acid groups (broad SMARTS) is 2. The smallest absolute Gasteiger partial charge is 0.414 e. The van der Waals surface area contributed by atoms with Crippen LogP contribution >= 0.6 is 0 Å². The number of ether oxygens (including phenoxy) is 1. The third-order valence-electron chi connectivity index (χ3n) is 7.88. The molecule has 3 aromatic rings. The Morgan fingerprint density at radius 1 is 0.810 bits per heavy atom. The number of benzene rings is 3. The highest BCUT2D eigenvalue weighted by Gasteiger charge is 2.24. The van der Waals surface area contributed by atoms with Crippen molar-refractivity contribution in [3.8, 4) is 5.75 Å². The predicted molar refractivity (Wildman–Crippen MR) is 162 cm³/mol. The monoisotopic (exact) mass is 572 g/mol. The molecule has 2 heterocycles. The largest absolute Gasteiger partial charge is 0.493 e. The molecular formula is C34H40N2O6. The zero-order chi connectivity index (χ0) is 29.7. The minimum Gasteiger partial charge on any atom is -0.493 e. The maximum atomic E-state index is 12.7. The number of rotatable bonds is 10. The normalized spacial score (nSPS) is 15.3. The standard InChI is InChI=1S/C32H38N2O2.C2H2O4/c35-32-17-15-29-14-16-30(25-31(29)34(32)21-7-11-26-9-3-1-4-10-26)36-24-8-20-33-22-18-28(19-23-33)27-12-5-2-6-13-27;3-1(4)2(5)6/h1-6,9-10,12-14,16,25,28H,7-8,11,15,17-24H2;(H,3,4)(H,5,6). The van der Waals surface area contributed by atoms with Crippen LogP contribution in [0, 0.1) is 0 Å². The first-order valence-corrected chi connectivity index (χ1v) is 14.7. The van der Waals surface area contributed by atoms with Gasteiger partial charge in [-0.25, -0.2) is 9.59 Å². The van der Waals surface area contributed by atoms with E-state index in [1.54, 1.807) is 0 Å². The summed E-state index contributed by atoms with van der Waals surface area (Å²) in [5.74, 6) is -1.84. The fourth-order valence-electron chi connectivity index (χ4n) is 5.63. The maximum absolute atomic E-state index is 12.7. The van der Waals surface area contributed by atoms with E-state index < -0.39 is 11.9 Å². The molecule has 1 fully saturated rings. The molecule has 2 aliphatic rings. The zero-order valence-corrected chi connectivity index (χ0v) is 24.0. The van der Waals surface area contributed by atoms with Gasteiger partial charge in [-0.1, -0.05) is 66.7 Å². The molecule has 0 aromatic heterocycles. The first kappa shape index (κ1) is 30.8. The van der Waals surface area contributed by atoms with Crippen molar-refractivity contribution in [3.63, 3.8) is 0 Å². The van der Waals surface area contributed by atoms with Crippen LogP contribution in [-0.2, 0) is 27.2 Å². The topological polar surface area (TPSA) is 107 Å². The Bertz CT molecular complexity index is 1290. The van der Waals surface area contributed by atoms with Crippen LogP contribution in [0.4, 0.5) is 5.69 Å². The van der Waals surface area contributed by atoms with Crippen LogP contribution in [0.3, 0.4) is 0 Å². The molecule has 5 rings (SSSR count). The number of hydrogen-bond donors (Lipinski definition) is 2. The quantitative estimate of drug-likeness (QED) is 0.247. The number of fused-ring (bicyclic) bond motifs is 1. The van der Waals surface area contributed by atoms with Gasteiger partial charge in [-0.3, -0.25) is 4.79 Å². The lowest BCUT2D eigenvalue weighted by molar-refractivity contribution is -0.159. The average Bonchev–Trinajstić information content (AvgIpc) is 3.02. The van der Waals surface area contributed by atoms with E-state index in [9.17, 15) is 4.79 Å². The second kappa shape index (κ2) is 15.7. The molecule has 1 amide bonds. The Balaban J connectivity index is 0.000000612. The first-order valence-electron chi connectivity index (χ1n) is 14.7. The Morgan fingerprint density at radius 2 is 1.48 bits per heavy atom. The third-order valence-corrected chi connectivity index (χ3v) is 7.88. The molecule has 0 atom stereocenters. The van der Waals surface area contributed by atoms with Gasteiger partial charge in [0.05, 0.1) is 12.3 Å². The molecule has 2 N–H and O–H groups in total. The second-order valence-electron chi connectivity index (χ2n) is 10.8. The van der Waals surface area contributed by atoms with Gasteiger partial charge in [0.25, 0.3) is 0 Å². The number of amides is 1. The number of nitrogens with zero attached hydrogens (tertiary/aromatic N) is 2. The number of aliphatic carboxylic acids is 2. The Kier molecular flexibility index (Phi) is 11.5. The van der Waals surface area contributed by atoms with Crippen molar-refractivity contribution in [3.05, 3.63) is 95.6 Å². The van der Waals surface area contributed by atoms with E-state index in [-0.39, 0.29) is 5.91 Å². The van der Waals surface area contributed by atoms with E-state index in [0.29, 0.717) is 18.9 Å². The van der Waals surface area contributed by atoms with Gasteiger partial charge in [0, 0.05) is 25.6 Å². The summed E-state index contributed by atoms with van der Waals surface area (Å²) in [7, 11) is 0. The lowest BCUT2D eigenvalue weighted by Gasteiger charge is -2.32. The summed E-state index contributed by atoms with van der Waals surface area (Å²) in [6.45, 7) is 4.87. The molecule has 0 aliphatic carbocycles. The minimum atomic E-state index is -1.82. The summed E-state index contributed by atoms with van der Waals surface area (Å²) >= 11 is 0. The van der Waals surface area contributed by atoms with Crippen molar-refractivity contribution in [1.29, 1.82) is 0 Å². The Morgan fingerprint density at radius 3 is 2.14 bits per heavy atom. The fourth-order valence-corrected chi connectivity index (χ4v) is 5.63. The van der Waals surface area contributed by atoms with Gasteiger partial charge in [-0.2, -0.15) is 0 Å². The molecule has 42 heavy (non-hydrogen) atoms. The highest BCUT2D eigenvalue weighted by atomic mass is 16.5. The van der Waals surface area contributed by atoms with E-state index in [0.717, 1.165) is 50.2 Å². The molecule has 0 bridgehead atoms. The van der Waals surface area contributed by atoms with E-state index in [1.165, 1.54) is 42.6 Å². The highest BCUT2D eigenvalue weighted by molar-refractivity contribution is 6.27. The molecule has 222 valence electrons. The van der Waals surface area contributed by atoms with Crippen molar-refractivity contribution in [2.75, 3.05) is 37.7 Å². The van der Waals surface area contributed by atoms with E-state index >= 15 is 0 Å². The number of likely N-dealkylation sites (tertiary alicyclic amines) is 1. The molecule has 0 unspecified atom stereocenters. The number of hydrogen-bond acceptors (Lipinski definition) is 5. The van der Waals surface area contributed by atoms with Gasteiger partial charge >= 0.3 is 11.9 Å². The summed E-state index contributed by atoms with van der Waals surface area (Å²) in [5.41, 5.74) is 5.10. The molecule has 8 heteroatoms. The number of anilines is 1. The van der Waals surface area contributed by atoms with Crippen molar-refractivity contribution in [2.24, 2.45) is 0 Å². The fraction of sp³-hybridized carbons (Fsp3) is 0.382. The molecule has 2 aliphatic heterocycles. The van der Waals surface area contributed by atoms with Crippen LogP contribution in [-0.4, -0.2) is 65.7 Å². The summed E-state index contributed by atoms with van der Waals surface area (Å²) in [6, 6.07) is 27.8. The number of piperidine rings is 1. The lowest BCUT2D eigenvalue weighted by atomic mass is 9.89. The molecule has 3 aromatic carbocycles. The van der Waals surface area contributed by atoms with E-state index in [1.807, 2.05) is 11.0 Å². The average molecular weight is 573 g/mol. The van der Waals surface area contributed by atoms with E-state index in [4.69, 9.17) is 24.5 Å². The van der Waals surface area contributed by atoms with Crippen LogP contribution in [0.1, 0.15) is 54.7 Å². The highest BCUT2D eigenvalue weighted by Crippen LogP contribution is 2.32. The van der Waals surface area contributed by atoms with Gasteiger partial charge in [0.2, 0.25) is 5.91 Å². The Labute approximate surface area is 247 Å². The molecule has 0 spiro atoms. The maximum Gasteiger partial charge on any atom is 0.414 e. The molecule has 8 nitrogen and oxygen atoms in total. The van der Waals surface area contributed by atoms with Crippen LogP contribution in [0.2, 0.25) is 0 Å². The number of carbonyl (C=O) groups is 3. The second-order valence-corrected chi connectivity index (χ2v) is 10.8. The number of aryl methyl sites for hydroxylation is 2. The van der Waals surface area contributed by atoms with Gasteiger partial charge < -0.3 is 24.7 Å². The van der Waals surface area contributed by atoms with Crippen molar-refractivity contribution in [2.45, 2.75) is 50.9 Å². The lowest BCUT2D eigenvalue weighted by Crippen LogP contribution is -2.36. The third kappa shape index (κ3) is 9.17. The summed E-state index contributed by atoms with van der Waals surface area (Å²) in [6.07, 6.45) is 6.86. The summed E-state index contributed by atoms with van der Waals surface area (Å²) in [5, 5.41) is 14.8. The summed E-state index contributed by atoms with van der Waals surface area (Å²) < 4.78 is 6.15. The van der Waals surface area contributed by atoms with E-state index in [2.05, 4.69) is 77.7 Å². The van der Waals surface area contributed by atoms with Crippen LogP contribution in [0.5, 0.6) is 5.75 Å². The number of carboxylic acids is 2. The molecule has 0 saturated carbocycles. The first-order chi connectivity index (χ1) is 20.4. The van der Waals surface area contributed by atoms with Crippen molar-refractivity contribution < 1.29 is 29.3 Å². The molecule has 1 saturated heterocycles. The Hall–Kier alpha value is -4.17. The molecular weight excluding hydrogens is 532 g/mol. The van der Waals surface area contributed by atoms with Crippen LogP contribution < -0.4 is 9.64 Å². The van der Waals surface area contributed by atoms with Gasteiger partial charge in [0.15, 0.2) is 0 Å². The van der Waals surface area contributed by atoms with Gasteiger partial charge in [0.1, 0.15) is 5.75 Å². The predicted octanol–water partition coefficient (Wildman–Crippen LogP) is 5.40. The minimum absolute atomic E-state index is 0.228. The van der Waals surface area contributed by atoms with Crippen molar-refractivity contribution >= 4 is 23.5 Å². The number of carbonyl (C=O) groups excluding carboxylic acids is 1. The van der Waals surface area contributed by atoms with Gasteiger partial charge in [-0.15, -0.1) is 0 Å². The molecule has 0 radical (unpaired) electrons.